The zero-order valence-electron chi connectivity index (χ0n) is 21.7. The minimum absolute atomic E-state index is 0.291. The van der Waals surface area contributed by atoms with Crippen molar-refractivity contribution in [2.24, 2.45) is 0 Å². The van der Waals surface area contributed by atoms with Crippen LogP contribution in [0.2, 0.25) is 0 Å². The summed E-state index contributed by atoms with van der Waals surface area (Å²) in [5.74, 6) is 1.03. The van der Waals surface area contributed by atoms with E-state index in [2.05, 4.69) is 36.7 Å². The number of nitrogens with one attached hydrogen (secondary N) is 2. The van der Waals surface area contributed by atoms with E-state index in [9.17, 15) is 4.79 Å². The topological polar surface area (TPSA) is 133 Å². The van der Waals surface area contributed by atoms with E-state index >= 15 is 0 Å². The summed E-state index contributed by atoms with van der Waals surface area (Å²) in [4.78, 5) is 30.1. The van der Waals surface area contributed by atoms with Crippen molar-refractivity contribution in [2.45, 2.75) is 20.0 Å². The number of carbonyl (C=O) groups excluding carboxylic acids is 1. The molecule has 0 aliphatic rings. The largest absolute Gasteiger partial charge is 0.448 e. The number of nitrogens with two attached hydrogens (primary N) is 1. The monoisotopic (exact) mass is 522 g/mol. The lowest BCUT2D eigenvalue weighted by Crippen LogP contribution is -2.28. The number of para-hydroxylation sites is 1. The number of fused-ring (bicyclic) bond motifs is 3. The Morgan fingerprint density at radius 1 is 1.08 bits per heavy atom. The van der Waals surface area contributed by atoms with Gasteiger partial charge in [0.15, 0.2) is 11.6 Å². The highest BCUT2D eigenvalue weighted by Gasteiger charge is 2.19. The zero-order valence-corrected chi connectivity index (χ0v) is 21.7. The Kier molecular flexibility index (Phi) is 7.74. The van der Waals surface area contributed by atoms with Crippen molar-refractivity contribution in [2.75, 3.05) is 25.4 Å². The van der Waals surface area contributed by atoms with Gasteiger partial charge in [-0.25, -0.2) is 19.7 Å². The van der Waals surface area contributed by atoms with Gasteiger partial charge in [-0.3, -0.25) is 4.98 Å². The summed E-state index contributed by atoms with van der Waals surface area (Å²) in [5, 5.41) is 6.89. The first-order chi connectivity index (χ1) is 19.0. The zero-order chi connectivity index (χ0) is 27.2. The molecule has 0 saturated heterocycles. The molecule has 0 fully saturated rings. The van der Waals surface area contributed by atoms with E-state index in [0.717, 1.165) is 33.1 Å². The van der Waals surface area contributed by atoms with Gasteiger partial charge in [-0.15, -0.1) is 0 Å². The molecular weight excluding hydrogens is 492 g/mol. The molecule has 3 heterocycles. The van der Waals surface area contributed by atoms with Crippen LogP contribution in [-0.4, -0.2) is 50.3 Å². The second kappa shape index (κ2) is 11.7. The molecule has 0 aliphatic heterocycles. The molecule has 0 unspecified atom stereocenters. The Morgan fingerprint density at radius 3 is 2.64 bits per heavy atom. The number of carbonyl (C=O) groups is 1. The smallest absolute Gasteiger partial charge is 0.407 e. The first kappa shape index (κ1) is 25.8. The Morgan fingerprint density at radius 2 is 1.87 bits per heavy atom. The number of hydrogen-bond donors (Lipinski definition) is 3. The summed E-state index contributed by atoms with van der Waals surface area (Å²) in [6.45, 7) is 8.23. The molecule has 0 aliphatic carbocycles. The van der Waals surface area contributed by atoms with E-state index in [-0.39, 0.29) is 0 Å². The van der Waals surface area contributed by atoms with Crippen LogP contribution in [0.5, 0.6) is 0 Å². The molecule has 2 aromatic carbocycles. The average Bonchev–Trinajstić information content (AvgIpc) is 3.33. The van der Waals surface area contributed by atoms with Crippen molar-refractivity contribution < 1.29 is 9.53 Å². The fraction of sp³-hybridized carbons (Fsp3) is 0.207. The number of anilines is 1. The molecule has 3 aromatic heterocycles. The van der Waals surface area contributed by atoms with Crippen LogP contribution < -0.4 is 16.4 Å². The van der Waals surface area contributed by atoms with Crippen LogP contribution in [0, 0.1) is 0 Å². The van der Waals surface area contributed by atoms with Crippen LogP contribution in [0.15, 0.2) is 79.3 Å². The van der Waals surface area contributed by atoms with Gasteiger partial charge in [0.1, 0.15) is 17.8 Å². The SMILES string of the molecule is C=C(C)CNCCOC(=O)NCc1ccc(Cn2c(-c3cnccn3)nc3c(N)nc4ccccc4c32)cc1. The molecule has 1 amide bonds. The van der Waals surface area contributed by atoms with Gasteiger partial charge in [0, 0.05) is 44.0 Å². The van der Waals surface area contributed by atoms with Crippen LogP contribution in [0.1, 0.15) is 18.1 Å². The van der Waals surface area contributed by atoms with Crippen molar-refractivity contribution in [1.82, 2.24) is 35.1 Å². The quantitative estimate of drug-likeness (QED) is 0.185. The van der Waals surface area contributed by atoms with E-state index in [1.165, 1.54) is 0 Å². The number of alkyl carbamates (subject to hydrolysis) is 1. The van der Waals surface area contributed by atoms with Crippen molar-refractivity contribution >= 4 is 33.8 Å². The van der Waals surface area contributed by atoms with E-state index in [1.807, 2.05) is 55.5 Å². The van der Waals surface area contributed by atoms with E-state index in [0.29, 0.717) is 55.6 Å². The van der Waals surface area contributed by atoms with E-state index in [1.54, 1.807) is 18.6 Å². The maximum atomic E-state index is 12.0. The third-order valence-electron chi connectivity index (χ3n) is 6.14. The Hall–Kier alpha value is -4.83. The number of nitrogen functional groups attached to an aromatic ring is 1. The number of ether oxygens (including phenoxy) is 1. The number of rotatable bonds is 10. The van der Waals surface area contributed by atoms with Crippen LogP contribution in [-0.2, 0) is 17.8 Å². The van der Waals surface area contributed by atoms with E-state index in [4.69, 9.17) is 15.5 Å². The summed E-state index contributed by atoms with van der Waals surface area (Å²) in [6.07, 6.45) is 4.51. The third-order valence-corrected chi connectivity index (χ3v) is 6.14. The number of amides is 1. The van der Waals surface area contributed by atoms with Gasteiger partial charge in [0.05, 0.1) is 17.2 Å². The molecule has 10 heteroatoms. The van der Waals surface area contributed by atoms with Crippen LogP contribution in [0.3, 0.4) is 0 Å². The van der Waals surface area contributed by atoms with Gasteiger partial charge in [0.25, 0.3) is 0 Å². The number of imidazole rings is 1. The summed E-state index contributed by atoms with van der Waals surface area (Å²) < 4.78 is 7.30. The van der Waals surface area contributed by atoms with Crippen LogP contribution >= 0.6 is 0 Å². The highest BCUT2D eigenvalue weighted by molar-refractivity contribution is 6.07. The lowest BCUT2D eigenvalue weighted by molar-refractivity contribution is 0.146. The number of benzene rings is 2. The molecule has 39 heavy (non-hydrogen) atoms. The van der Waals surface area contributed by atoms with Crippen molar-refractivity contribution in [1.29, 1.82) is 0 Å². The Bertz CT molecular complexity index is 1610. The maximum absolute atomic E-state index is 12.0. The first-order valence-electron chi connectivity index (χ1n) is 12.6. The Balaban J connectivity index is 1.34. The average molecular weight is 523 g/mol. The molecule has 0 saturated carbocycles. The normalized spacial score (nSPS) is 11.1. The molecule has 5 aromatic rings. The second-order valence-electron chi connectivity index (χ2n) is 9.26. The highest BCUT2D eigenvalue weighted by Crippen LogP contribution is 2.32. The van der Waals surface area contributed by atoms with Gasteiger partial charge >= 0.3 is 6.09 Å². The molecule has 4 N–H and O–H groups in total. The van der Waals surface area contributed by atoms with Crippen LogP contribution in [0.4, 0.5) is 10.6 Å². The number of nitrogens with zero attached hydrogens (tertiary/aromatic N) is 5. The van der Waals surface area contributed by atoms with Crippen LogP contribution in [0.25, 0.3) is 33.5 Å². The summed E-state index contributed by atoms with van der Waals surface area (Å²) in [7, 11) is 0. The predicted molar refractivity (Wildman–Crippen MR) is 152 cm³/mol. The van der Waals surface area contributed by atoms with Crippen molar-refractivity contribution in [3.63, 3.8) is 0 Å². The summed E-state index contributed by atoms with van der Waals surface area (Å²) in [6, 6.07) is 15.9. The van der Waals surface area contributed by atoms with Crippen molar-refractivity contribution in [3.8, 4) is 11.5 Å². The molecule has 0 bridgehead atoms. The standard InChI is InChI=1S/C29H30N8O2/c1-19(2)15-32-13-14-39-29(38)34-16-20-7-9-21(10-8-20)18-37-26-22-5-3-4-6-23(22)35-27(30)25(26)36-28(37)24-17-31-11-12-33-24/h3-12,17,32H,1,13-16,18H2,2H3,(H2,30,35)(H,34,38). The lowest BCUT2D eigenvalue weighted by atomic mass is 10.1. The number of hydrogen-bond acceptors (Lipinski definition) is 8. The minimum Gasteiger partial charge on any atom is -0.448 e. The van der Waals surface area contributed by atoms with E-state index < -0.39 is 6.09 Å². The van der Waals surface area contributed by atoms with Gasteiger partial charge in [0.2, 0.25) is 0 Å². The van der Waals surface area contributed by atoms with Crippen molar-refractivity contribution in [3.05, 3.63) is 90.4 Å². The van der Waals surface area contributed by atoms with Gasteiger partial charge < -0.3 is 25.7 Å². The highest BCUT2D eigenvalue weighted by atomic mass is 16.5. The molecule has 0 spiro atoms. The number of pyridine rings is 1. The van der Waals surface area contributed by atoms with Gasteiger partial charge in [-0.05, 0) is 24.1 Å². The second-order valence-corrected chi connectivity index (χ2v) is 9.26. The molecule has 0 atom stereocenters. The Labute approximate surface area is 226 Å². The third kappa shape index (κ3) is 6.02. The first-order valence-corrected chi connectivity index (χ1v) is 12.6. The summed E-state index contributed by atoms with van der Waals surface area (Å²) in [5.41, 5.74) is 12.3. The lowest BCUT2D eigenvalue weighted by Gasteiger charge is -2.12. The molecule has 198 valence electrons. The molecule has 5 rings (SSSR count). The molecule has 10 nitrogen and oxygen atoms in total. The molecular formula is C29H30N8O2. The number of aromatic nitrogens is 5. The van der Waals surface area contributed by atoms with Gasteiger partial charge in [-0.2, -0.15) is 0 Å². The molecule has 0 radical (unpaired) electrons. The minimum atomic E-state index is -0.451. The summed E-state index contributed by atoms with van der Waals surface area (Å²) >= 11 is 0. The van der Waals surface area contributed by atoms with Gasteiger partial charge in [-0.1, -0.05) is 54.6 Å². The fourth-order valence-corrected chi connectivity index (χ4v) is 4.31. The predicted octanol–water partition coefficient (Wildman–Crippen LogP) is 4.06. The fourth-order valence-electron chi connectivity index (χ4n) is 4.31. The maximum Gasteiger partial charge on any atom is 0.407 e.